The average Bonchev–Trinajstić information content (AvgIpc) is 3.00. The summed E-state index contributed by atoms with van der Waals surface area (Å²) in [5.41, 5.74) is 1.16. The smallest absolute Gasteiger partial charge is 0.223 e. The second-order valence-electron chi connectivity index (χ2n) is 5.85. The van der Waals surface area contributed by atoms with Crippen LogP contribution in [0.4, 0.5) is 0 Å². The number of aromatic nitrogens is 2. The number of rotatable bonds is 9. The molecule has 0 saturated carbocycles. The molecule has 24 heavy (non-hydrogen) atoms. The zero-order valence-electron chi connectivity index (χ0n) is 15.2. The Kier molecular flexibility index (Phi) is 6.61. The molecule has 0 aliphatic carbocycles. The molecule has 1 aromatic carbocycles. The molecular weight excluding hydrogens is 306 g/mol. The topological polar surface area (TPSA) is 60.6 Å². The van der Waals surface area contributed by atoms with Gasteiger partial charge in [0.1, 0.15) is 0 Å². The monoisotopic (exact) mass is 333 g/mol. The van der Waals surface area contributed by atoms with Crippen molar-refractivity contribution in [3.05, 3.63) is 35.5 Å². The van der Waals surface area contributed by atoms with Gasteiger partial charge in [0, 0.05) is 13.5 Å². The SMILES string of the molecule is CC[C@@H](C)Oc1ccc(CN(CC)Cc2noc(C)n2)cc1OC. The Morgan fingerprint density at radius 2 is 2.00 bits per heavy atom. The van der Waals surface area contributed by atoms with E-state index in [1.54, 1.807) is 14.0 Å². The molecule has 0 spiro atoms. The molecule has 1 atom stereocenters. The van der Waals surface area contributed by atoms with Gasteiger partial charge in [-0.15, -0.1) is 0 Å². The van der Waals surface area contributed by atoms with Crippen LogP contribution in [0.2, 0.25) is 0 Å². The van der Waals surface area contributed by atoms with Crippen molar-refractivity contribution < 1.29 is 14.0 Å². The lowest BCUT2D eigenvalue weighted by molar-refractivity contribution is 0.207. The van der Waals surface area contributed by atoms with Crippen LogP contribution >= 0.6 is 0 Å². The van der Waals surface area contributed by atoms with Crippen molar-refractivity contribution in [2.75, 3.05) is 13.7 Å². The largest absolute Gasteiger partial charge is 0.493 e. The van der Waals surface area contributed by atoms with Gasteiger partial charge in [-0.25, -0.2) is 0 Å². The summed E-state index contributed by atoms with van der Waals surface area (Å²) < 4.78 is 16.4. The zero-order valence-corrected chi connectivity index (χ0v) is 15.2. The predicted octanol–water partition coefficient (Wildman–Crippen LogP) is 3.59. The normalized spacial score (nSPS) is 12.4. The molecule has 1 heterocycles. The van der Waals surface area contributed by atoms with Gasteiger partial charge in [0.25, 0.3) is 0 Å². The molecule has 0 saturated heterocycles. The van der Waals surface area contributed by atoms with Crippen LogP contribution in [0.1, 0.15) is 44.5 Å². The van der Waals surface area contributed by atoms with Crippen LogP contribution in [0.15, 0.2) is 22.7 Å². The lowest BCUT2D eigenvalue weighted by atomic mass is 10.2. The third-order valence-electron chi connectivity index (χ3n) is 3.92. The van der Waals surface area contributed by atoms with E-state index in [1.807, 2.05) is 12.1 Å². The Morgan fingerprint density at radius 3 is 2.58 bits per heavy atom. The number of hydrogen-bond donors (Lipinski definition) is 0. The number of benzene rings is 1. The molecule has 1 aromatic heterocycles. The fourth-order valence-electron chi connectivity index (χ4n) is 2.35. The molecule has 0 aliphatic heterocycles. The van der Waals surface area contributed by atoms with Crippen molar-refractivity contribution in [2.24, 2.45) is 0 Å². The average molecular weight is 333 g/mol. The number of nitrogens with zero attached hydrogens (tertiary/aromatic N) is 3. The first-order valence-corrected chi connectivity index (χ1v) is 8.40. The Bertz CT molecular complexity index is 642. The lowest BCUT2D eigenvalue weighted by Gasteiger charge is -2.20. The van der Waals surface area contributed by atoms with Crippen LogP contribution in [0.25, 0.3) is 0 Å². The number of ether oxygens (including phenoxy) is 2. The van der Waals surface area contributed by atoms with Gasteiger partial charge >= 0.3 is 0 Å². The highest BCUT2D eigenvalue weighted by atomic mass is 16.5. The van der Waals surface area contributed by atoms with E-state index in [9.17, 15) is 0 Å². The number of methoxy groups -OCH3 is 1. The molecule has 6 nitrogen and oxygen atoms in total. The predicted molar refractivity (Wildman–Crippen MR) is 92.2 cm³/mol. The van der Waals surface area contributed by atoms with E-state index in [0.29, 0.717) is 18.3 Å². The quantitative estimate of drug-likeness (QED) is 0.699. The summed E-state index contributed by atoms with van der Waals surface area (Å²) in [7, 11) is 1.67. The summed E-state index contributed by atoms with van der Waals surface area (Å²) in [6, 6.07) is 6.08. The molecule has 0 amide bonds. The van der Waals surface area contributed by atoms with E-state index in [0.717, 1.165) is 36.6 Å². The van der Waals surface area contributed by atoms with Crippen LogP contribution in [0, 0.1) is 6.92 Å². The van der Waals surface area contributed by atoms with Crippen LogP contribution in [0.5, 0.6) is 11.5 Å². The highest BCUT2D eigenvalue weighted by molar-refractivity contribution is 5.43. The van der Waals surface area contributed by atoms with Crippen molar-refractivity contribution in [2.45, 2.75) is 53.3 Å². The minimum absolute atomic E-state index is 0.165. The molecule has 0 unspecified atom stereocenters. The Morgan fingerprint density at radius 1 is 1.21 bits per heavy atom. The van der Waals surface area contributed by atoms with E-state index in [-0.39, 0.29) is 6.10 Å². The second kappa shape index (κ2) is 8.68. The molecule has 6 heteroatoms. The minimum Gasteiger partial charge on any atom is -0.493 e. The van der Waals surface area contributed by atoms with Gasteiger partial charge in [0.15, 0.2) is 17.3 Å². The van der Waals surface area contributed by atoms with E-state index in [1.165, 1.54) is 0 Å². The Labute approximate surface area is 143 Å². The first-order chi connectivity index (χ1) is 11.5. The van der Waals surface area contributed by atoms with Gasteiger partial charge < -0.3 is 14.0 Å². The van der Waals surface area contributed by atoms with Crippen molar-refractivity contribution in [1.82, 2.24) is 15.0 Å². The summed E-state index contributed by atoms with van der Waals surface area (Å²) >= 11 is 0. The van der Waals surface area contributed by atoms with Crippen LogP contribution in [0.3, 0.4) is 0 Å². The second-order valence-corrected chi connectivity index (χ2v) is 5.85. The van der Waals surface area contributed by atoms with Crippen LogP contribution in [-0.4, -0.2) is 34.8 Å². The molecule has 2 rings (SSSR count). The fraction of sp³-hybridized carbons (Fsp3) is 0.556. The fourth-order valence-corrected chi connectivity index (χ4v) is 2.35. The van der Waals surface area contributed by atoms with Crippen molar-refractivity contribution in [3.8, 4) is 11.5 Å². The maximum atomic E-state index is 5.90. The van der Waals surface area contributed by atoms with E-state index in [4.69, 9.17) is 14.0 Å². The summed E-state index contributed by atoms with van der Waals surface area (Å²) in [6.07, 6.45) is 1.12. The maximum absolute atomic E-state index is 5.90. The third kappa shape index (κ3) is 4.96. The summed E-state index contributed by atoms with van der Waals surface area (Å²) in [4.78, 5) is 6.51. The van der Waals surface area contributed by atoms with Gasteiger partial charge in [-0.1, -0.05) is 25.1 Å². The maximum Gasteiger partial charge on any atom is 0.223 e. The molecule has 0 aliphatic rings. The lowest BCUT2D eigenvalue weighted by Crippen LogP contribution is -2.23. The van der Waals surface area contributed by atoms with Gasteiger partial charge in [-0.2, -0.15) is 4.98 Å². The molecule has 0 N–H and O–H groups in total. The highest BCUT2D eigenvalue weighted by Crippen LogP contribution is 2.30. The first-order valence-electron chi connectivity index (χ1n) is 8.40. The number of aryl methyl sites for hydroxylation is 1. The highest BCUT2D eigenvalue weighted by Gasteiger charge is 2.13. The molecule has 132 valence electrons. The van der Waals surface area contributed by atoms with Crippen LogP contribution in [-0.2, 0) is 13.1 Å². The van der Waals surface area contributed by atoms with E-state index < -0.39 is 0 Å². The number of hydrogen-bond acceptors (Lipinski definition) is 6. The van der Waals surface area contributed by atoms with E-state index >= 15 is 0 Å². The molecular formula is C18H27N3O3. The van der Waals surface area contributed by atoms with Gasteiger partial charge in [-0.3, -0.25) is 4.90 Å². The van der Waals surface area contributed by atoms with E-state index in [2.05, 4.69) is 41.9 Å². The first kappa shape index (κ1) is 18.3. The van der Waals surface area contributed by atoms with Gasteiger partial charge in [-0.05, 0) is 37.6 Å². The summed E-state index contributed by atoms with van der Waals surface area (Å²) in [5.74, 6) is 2.85. The van der Waals surface area contributed by atoms with Crippen molar-refractivity contribution in [3.63, 3.8) is 0 Å². The van der Waals surface area contributed by atoms with Gasteiger partial charge in [0.05, 0.1) is 19.8 Å². The van der Waals surface area contributed by atoms with Crippen molar-refractivity contribution >= 4 is 0 Å². The third-order valence-corrected chi connectivity index (χ3v) is 3.92. The molecule has 0 radical (unpaired) electrons. The standard InChI is InChI=1S/C18H27N3O3/c1-6-13(3)23-16-9-8-15(10-17(16)22-5)11-21(7-2)12-18-19-14(4)24-20-18/h8-10,13H,6-7,11-12H2,1-5H3/t13-/m1/s1. The van der Waals surface area contributed by atoms with Gasteiger partial charge in [0.2, 0.25) is 5.89 Å². The van der Waals surface area contributed by atoms with Crippen LogP contribution < -0.4 is 9.47 Å². The Hall–Kier alpha value is -2.08. The Balaban J connectivity index is 2.07. The molecule has 2 aromatic rings. The minimum atomic E-state index is 0.165. The summed E-state index contributed by atoms with van der Waals surface area (Å²) in [5, 5.41) is 3.96. The zero-order chi connectivity index (χ0) is 17.5. The summed E-state index contributed by atoms with van der Waals surface area (Å²) in [6.45, 7) is 10.4. The molecule has 0 bridgehead atoms. The van der Waals surface area contributed by atoms with Crippen molar-refractivity contribution in [1.29, 1.82) is 0 Å². The molecule has 0 fully saturated rings.